The predicted molar refractivity (Wildman–Crippen MR) is 108 cm³/mol. The molecule has 0 amide bonds. The van der Waals surface area contributed by atoms with Crippen LogP contribution in [0.25, 0.3) is 0 Å². The Morgan fingerprint density at radius 1 is 1.29 bits per heavy atom. The number of Topliss-reactive ketones (excluding diaryl/α,β-unsaturated/α-hetero) is 1. The Kier molecular flexibility index (Phi) is 3.30. The summed E-state index contributed by atoms with van der Waals surface area (Å²) in [6.45, 7) is 5.86. The summed E-state index contributed by atoms with van der Waals surface area (Å²) >= 11 is 0. The first-order chi connectivity index (χ1) is 14.8. The Balaban J connectivity index is 1.54. The summed E-state index contributed by atoms with van der Waals surface area (Å²) in [6, 6.07) is 3.79. The molecule has 1 saturated carbocycles. The molecule has 3 saturated heterocycles. The molecule has 2 unspecified atom stereocenters. The van der Waals surface area contributed by atoms with E-state index in [-0.39, 0.29) is 35.2 Å². The lowest BCUT2D eigenvalue weighted by atomic mass is 9.44. The van der Waals surface area contributed by atoms with Crippen molar-refractivity contribution in [1.82, 2.24) is 4.90 Å². The zero-order chi connectivity index (χ0) is 21.3. The Labute approximate surface area is 180 Å². The summed E-state index contributed by atoms with van der Waals surface area (Å²) in [7, 11) is 0. The molecule has 2 spiro atoms. The van der Waals surface area contributed by atoms with Gasteiger partial charge < -0.3 is 19.3 Å². The molecular weight excluding hydrogens is 398 g/mol. The number of piperidine rings is 1. The minimum absolute atomic E-state index is 0.0162. The van der Waals surface area contributed by atoms with Gasteiger partial charge in [-0.25, -0.2) is 0 Å². The van der Waals surface area contributed by atoms with Gasteiger partial charge in [-0.2, -0.15) is 0 Å². The highest BCUT2D eigenvalue weighted by atomic mass is 16.6. The van der Waals surface area contributed by atoms with Gasteiger partial charge in [-0.1, -0.05) is 19.9 Å². The number of rotatable bonds is 2. The second-order valence-electron chi connectivity index (χ2n) is 10.5. The molecule has 0 aromatic heterocycles. The van der Waals surface area contributed by atoms with Gasteiger partial charge in [-0.3, -0.25) is 14.5 Å². The number of benzene rings is 1. The van der Waals surface area contributed by atoms with Crippen molar-refractivity contribution in [2.45, 2.75) is 74.2 Å². The van der Waals surface area contributed by atoms with Crippen LogP contribution in [0.4, 0.5) is 0 Å². The first kappa shape index (κ1) is 18.6. The fourth-order valence-corrected chi connectivity index (χ4v) is 8.05. The molecule has 6 aliphatic rings. The monoisotopic (exact) mass is 425 g/mol. The Morgan fingerprint density at radius 2 is 2.13 bits per heavy atom. The molecule has 4 fully saturated rings. The zero-order valence-electron chi connectivity index (χ0n) is 17.8. The number of carbonyl (C=O) groups excluding carboxylic acids is 2. The highest BCUT2D eigenvalue weighted by Crippen LogP contribution is 2.71. The molecule has 6 atom stereocenters. The number of nitrogens with zero attached hydrogens (tertiary/aromatic N) is 1. The minimum atomic E-state index is -1.06. The van der Waals surface area contributed by atoms with E-state index in [9.17, 15) is 14.7 Å². The SMILES string of the molecule is CC(C)C(=O)Oc1ccc2c3c1O[C@H]1C(=O)CC[C@@]4(O)[C@@H]5N(CC[C@]314)CC1OCCC215. The third-order valence-corrected chi connectivity index (χ3v) is 9.16. The van der Waals surface area contributed by atoms with Gasteiger partial charge in [0.15, 0.2) is 23.4 Å². The van der Waals surface area contributed by atoms with Crippen molar-refractivity contribution < 1.29 is 28.9 Å². The van der Waals surface area contributed by atoms with E-state index in [0.29, 0.717) is 37.4 Å². The first-order valence-corrected chi connectivity index (χ1v) is 11.5. The summed E-state index contributed by atoms with van der Waals surface area (Å²) in [4.78, 5) is 27.9. The van der Waals surface area contributed by atoms with Crippen LogP contribution < -0.4 is 9.47 Å². The molecule has 4 aliphatic heterocycles. The van der Waals surface area contributed by atoms with E-state index < -0.39 is 17.1 Å². The van der Waals surface area contributed by atoms with Crippen LogP contribution in [0.5, 0.6) is 11.5 Å². The third-order valence-electron chi connectivity index (χ3n) is 9.16. The maximum atomic E-state index is 13.1. The zero-order valence-corrected chi connectivity index (χ0v) is 17.8. The van der Waals surface area contributed by atoms with E-state index in [0.717, 1.165) is 30.6 Å². The molecule has 0 radical (unpaired) electrons. The van der Waals surface area contributed by atoms with Crippen molar-refractivity contribution in [2.75, 3.05) is 19.7 Å². The topological polar surface area (TPSA) is 85.3 Å². The average molecular weight is 425 g/mol. The first-order valence-electron chi connectivity index (χ1n) is 11.5. The van der Waals surface area contributed by atoms with Crippen molar-refractivity contribution in [3.63, 3.8) is 0 Å². The Morgan fingerprint density at radius 3 is 2.94 bits per heavy atom. The lowest BCUT2D eigenvalue weighted by Gasteiger charge is -2.64. The van der Waals surface area contributed by atoms with E-state index in [1.54, 1.807) is 13.8 Å². The molecule has 31 heavy (non-hydrogen) atoms. The molecule has 164 valence electrons. The van der Waals surface area contributed by atoms with Crippen molar-refractivity contribution in [3.8, 4) is 11.5 Å². The molecule has 1 aromatic rings. The molecule has 1 N–H and O–H groups in total. The maximum absolute atomic E-state index is 13.1. The number of ether oxygens (including phenoxy) is 3. The molecular formula is C24H27NO6. The van der Waals surface area contributed by atoms with Gasteiger partial charge in [-0.15, -0.1) is 0 Å². The van der Waals surface area contributed by atoms with Gasteiger partial charge >= 0.3 is 5.97 Å². The molecule has 1 aromatic carbocycles. The van der Waals surface area contributed by atoms with Crippen LogP contribution in [0, 0.1) is 5.92 Å². The van der Waals surface area contributed by atoms with Gasteiger partial charge in [0.25, 0.3) is 0 Å². The second kappa shape index (κ2) is 5.50. The summed E-state index contributed by atoms with van der Waals surface area (Å²) in [5.41, 5.74) is -0.122. The summed E-state index contributed by atoms with van der Waals surface area (Å²) in [6.07, 6.45) is 1.53. The number of hydrogen-bond acceptors (Lipinski definition) is 7. The van der Waals surface area contributed by atoms with Crippen LogP contribution in [0.15, 0.2) is 12.1 Å². The molecule has 2 aliphatic carbocycles. The Hall–Kier alpha value is -1.96. The van der Waals surface area contributed by atoms with Crippen LogP contribution >= 0.6 is 0 Å². The number of aliphatic hydroxyl groups is 1. The Bertz CT molecular complexity index is 1050. The van der Waals surface area contributed by atoms with E-state index >= 15 is 0 Å². The normalized spacial score (nSPS) is 43.6. The standard InChI is InChI=1S/C24H27NO6/c1-12(2)20(27)30-15-4-3-13-17-18(15)31-19-14(26)5-6-24(28)21-22(13)8-10-29-16(22)11-25(21)9-7-23(17,19)24/h3-4,12,16,19,21,28H,5-11H2,1-2H3/t16?,19-,21+,22?,23-,24+/m0/s1. The highest BCUT2D eigenvalue weighted by Gasteiger charge is 2.81. The van der Waals surface area contributed by atoms with E-state index in [1.807, 2.05) is 6.07 Å². The molecule has 4 heterocycles. The van der Waals surface area contributed by atoms with Gasteiger partial charge in [0.1, 0.15) is 0 Å². The number of ketones is 1. The molecule has 7 heteroatoms. The second-order valence-corrected chi connectivity index (χ2v) is 10.5. The molecule has 7 nitrogen and oxygen atoms in total. The number of carbonyl (C=O) groups is 2. The van der Waals surface area contributed by atoms with Crippen LogP contribution in [-0.4, -0.2) is 65.3 Å². The summed E-state index contributed by atoms with van der Waals surface area (Å²) in [5, 5.41) is 12.5. The van der Waals surface area contributed by atoms with Crippen LogP contribution in [0.3, 0.4) is 0 Å². The smallest absolute Gasteiger partial charge is 0.313 e. The van der Waals surface area contributed by atoms with Crippen molar-refractivity contribution in [3.05, 3.63) is 23.3 Å². The fraction of sp³-hybridized carbons (Fsp3) is 0.667. The van der Waals surface area contributed by atoms with Crippen molar-refractivity contribution in [1.29, 1.82) is 0 Å². The van der Waals surface area contributed by atoms with Crippen LogP contribution in [-0.2, 0) is 25.2 Å². The van der Waals surface area contributed by atoms with Gasteiger partial charge in [-0.05, 0) is 37.4 Å². The van der Waals surface area contributed by atoms with E-state index in [4.69, 9.17) is 14.2 Å². The number of esters is 1. The molecule has 7 rings (SSSR count). The van der Waals surface area contributed by atoms with Crippen LogP contribution in [0.1, 0.15) is 50.7 Å². The number of hydrogen-bond donors (Lipinski definition) is 1. The lowest BCUT2D eigenvalue weighted by Crippen LogP contribution is -2.78. The maximum Gasteiger partial charge on any atom is 0.313 e. The quantitative estimate of drug-likeness (QED) is 0.567. The van der Waals surface area contributed by atoms with E-state index in [2.05, 4.69) is 11.0 Å². The van der Waals surface area contributed by atoms with Crippen molar-refractivity contribution >= 4 is 11.8 Å². The lowest BCUT2D eigenvalue weighted by molar-refractivity contribution is -0.192. The van der Waals surface area contributed by atoms with Crippen LogP contribution in [0.2, 0.25) is 0 Å². The predicted octanol–water partition coefficient (Wildman–Crippen LogP) is 1.47. The van der Waals surface area contributed by atoms with Crippen molar-refractivity contribution in [2.24, 2.45) is 5.92 Å². The van der Waals surface area contributed by atoms with Gasteiger partial charge in [0.05, 0.1) is 29.1 Å². The molecule has 2 bridgehead atoms. The third kappa shape index (κ3) is 1.79. The summed E-state index contributed by atoms with van der Waals surface area (Å²) < 4.78 is 18.3. The largest absolute Gasteiger partial charge is 0.477 e. The summed E-state index contributed by atoms with van der Waals surface area (Å²) in [5.74, 6) is 0.274. The average Bonchev–Trinajstić information content (AvgIpc) is 3.38. The van der Waals surface area contributed by atoms with Gasteiger partial charge in [0.2, 0.25) is 0 Å². The highest BCUT2D eigenvalue weighted by molar-refractivity contribution is 5.90. The van der Waals surface area contributed by atoms with Gasteiger partial charge in [0, 0.05) is 30.6 Å². The fourth-order valence-electron chi connectivity index (χ4n) is 8.05. The minimum Gasteiger partial charge on any atom is -0.477 e. The van der Waals surface area contributed by atoms with E-state index in [1.165, 1.54) is 0 Å².